The second kappa shape index (κ2) is 5.75. The molecule has 0 aliphatic carbocycles. The van der Waals surface area contributed by atoms with Crippen LogP contribution in [0.25, 0.3) is 0 Å². The van der Waals surface area contributed by atoms with Gasteiger partial charge in [-0.3, -0.25) is 9.69 Å². The number of rotatable bonds is 4. The molecular formula is C16H15FN2O3S. The Kier molecular flexibility index (Phi) is 3.91. The van der Waals surface area contributed by atoms with Gasteiger partial charge in [0.15, 0.2) is 0 Å². The number of hydrogen-bond acceptors (Lipinski definition) is 4. The van der Waals surface area contributed by atoms with Crippen LogP contribution in [0.2, 0.25) is 0 Å². The van der Waals surface area contributed by atoms with Crippen molar-refractivity contribution in [3.05, 3.63) is 58.0 Å². The van der Waals surface area contributed by atoms with E-state index in [1.165, 1.54) is 35.6 Å². The Morgan fingerprint density at radius 3 is 2.61 bits per heavy atom. The van der Waals surface area contributed by atoms with Crippen LogP contribution in [0, 0.1) is 5.82 Å². The lowest BCUT2D eigenvalue weighted by Gasteiger charge is -2.22. The van der Waals surface area contributed by atoms with Gasteiger partial charge in [-0.15, -0.1) is 0 Å². The maximum Gasteiger partial charge on any atom is 0.325 e. The first-order valence-electron chi connectivity index (χ1n) is 7.02. The summed E-state index contributed by atoms with van der Waals surface area (Å²) in [5.41, 5.74) is 0.0235. The van der Waals surface area contributed by atoms with Crippen molar-refractivity contribution in [2.75, 3.05) is 6.54 Å². The molecule has 2 aromatic rings. The van der Waals surface area contributed by atoms with Crippen molar-refractivity contribution in [3.63, 3.8) is 0 Å². The molecule has 1 fully saturated rings. The van der Waals surface area contributed by atoms with Gasteiger partial charge >= 0.3 is 6.03 Å². The van der Waals surface area contributed by atoms with E-state index in [-0.39, 0.29) is 6.54 Å². The molecule has 7 heteroatoms. The quantitative estimate of drug-likeness (QED) is 0.844. The summed E-state index contributed by atoms with van der Waals surface area (Å²) in [4.78, 5) is 25.8. The van der Waals surface area contributed by atoms with Crippen molar-refractivity contribution in [1.82, 2.24) is 10.2 Å². The van der Waals surface area contributed by atoms with Gasteiger partial charge in [0, 0.05) is 0 Å². The van der Waals surface area contributed by atoms with Crippen molar-refractivity contribution in [1.29, 1.82) is 0 Å². The van der Waals surface area contributed by atoms with E-state index in [9.17, 15) is 19.1 Å². The third-order valence-corrected chi connectivity index (χ3v) is 4.67. The minimum Gasteiger partial charge on any atom is -0.387 e. The summed E-state index contributed by atoms with van der Waals surface area (Å²) < 4.78 is 12.9. The summed E-state index contributed by atoms with van der Waals surface area (Å²) in [5, 5.41) is 16.5. The zero-order chi connectivity index (χ0) is 16.6. The summed E-state index contributed by atoms with van der Waals surface area (Å²) in [6.07, 6.45) is -1.07. The molecule has 2 atom stereocenters. The van der Waals surface area contributed by atoms with Gasteiger partial charge in [0.25, 0.3) is 5.91 Å². The highest BCUT2D eigenvalue weighted by atomic mass is 32.1. The molecule has 0 bridgehead atoms. The molecule has 0 unspecified atom stereocenters. The number of nitrogens with zero attached hydrogens (tertiary/aromatic N) is 1. The van der Waals surface area contributed by atoms with E-state index in [2.05, 4.69) is 5.32 Å². The standard InChI is InChI=1S/C16H15FN2O3S/c1-16(11-6-7-23-9-11)14(21)19(15(22)18-16)8-13(20)10-2-4-12(17)5-3-10/h2-7,9,13,20H,8H2,1H3,(H,18,22)/t13-,16-/m0/s1. The second-order valence-corrected chi connectivity index (χ2v) is 6.33. The fraction of sp³-hybridized carbons (Fsp3) is 0.250. The number of aliphatic hydroxyl groups is 1. The van der Waals surface area contributed by atoms with E-state index in [4.69, 9.17) is 0 Å². The van der Waals surface area contributed by atoms with Crippen LogP contribution in [0.4, 0.5) is 9.18 Å². The lowest BCUT2D eigenvalue weighted by atomic mass is 9.95. The van der Waals surface area contributed by atoms with Gasteiger partial charge in [-0.05, 0) is 47.0 Å². The zero-order valence-corrected chi connectivity index (χ0v) is 13.1. The van der Waals surface area contributed by atoms with Crippen LogP contribution in [-0.4, -0.2) is 28.5 Å². The van der Waals surface area contributed by atoms with E-state index in [0.29, 0.717) is 11.1 Å². The number of carbonyl (C=O) groups excluding carboxylic acids is 2. The molecular weight excluding hydrogens is 319 g/mol. The molecule has 3 rings (SSSR count). The molecule has 5 nitrogen and oxygen atoms in total. The minimum absolute atomic E-state index is 0.184. The normalized spacial score (nSPS) is 22.3. The number of amides is 3. The minimum atomic E-state index is -1.13. The number of thiophene rings is 1. The first kappa shape index (κ1) is 15.6. The number of carbonyl (C=O) groups is 2. The van der Waals surface area contributed by atoms with Gasteiger partial charge < -0.3 is 10.4 Å². The third-order valence-electron chi connectivity index (χ3n) is 3.98. The number of halogens is 1. The monoisotopic (exact) mass is 334 g/mol. The molecule has 1 aliphatic heterocycles. The van der Waals surface area contributed by atoms with Crippen molar-refractivity contribution in [2.45, 2.75) is 18.6 Å². The zero-order valence-electron chi connectivity index (χ0n) is 12.3. The summed E-state index contributed by atoms with van der Waals surface area (Å²) >= 11 is 1.43. The Morgan fingerprint density at radius 2 is 2.00 bits per heavy atom. The van der Waals surface area contributed by atoms with Crippen LogP contribution in [0.3, 0.4) is 0 Å². The number of aliphatic hydroxyl groups excluding tert-OH is 1. The summed E-state index contributed by atoms with van der Waals surface area (Å²) in [6, 6.07) is 6.53. The van der Waals surface area contributed by atoms with Gasteiger partial charge in [0.05, 0.1) is 12.6 Å². The molecule has 0 spiro atoms. The SMILES string of the molecule is C[C@@]1(c2ccsc2)NC(=O)N(C[C@H](O)c2ccc(F)cc2)C1=O. The van der Waals surface area contributed by atoms with E-state index in [1.54, 1.807) is 18.4 Å². The Balaban J connectivity index is 1.79. The van der Waals surface area contributed by atoms with Crippen molar-refractivity contribution in [2.24, 2.45) is 0 Å². The molecule has 0 radical (unpaired) electrons. The van der Waals surface area contributed by atoms with Gasteiger partial charge in [0.2, 0.25) is 0 Å². The highest BCUT2D eigenvalue weighted by molar-refractivity contribution is 7.08. The number of benzene rings is 1. The fourth-order valence-electron chi connectivity index (χ4n) is 2.57. The lowest BCUT2D eigenvalue weighted by Crippen LogP contribution is -2.41. The first-order chi connectivity index (χ1) is 10.9. The molecule has 2 heterocycles. The Morgan fingerprint density at radius 1 is 1.30 bits per heavy atom. The molecule has 2 N–H and O–H groups in total. The highest BCUT2D eigenvalue weighted by Gasteiger charge is 2.49. The first-order valence-corrected chi connectivity index (χ1v) is 7.96. The lowest BCUT2D eigenvalue weighted by molar-refractivity contribution is -0.132. The van der Waals surface area contributed by atoms with Crippen LogP contribution in [0.1, 0.15) is 24.2 Å². The van der Waals surface area contributed by atoms with Crippen LogP contribution >= 0.6 is 11.3 Å². The van der Waals surface area contributed by atoms with E-state index in [1.807, 2.05) is 5.38 Å². The number of nitrogens with one attached hydrogen (secondary N) is 1. The van der Waals surface area contributed by atoms with Crippen molar-refractivity contribution < 1.29 is 19.1 Å². The van der Waals surface area contributed by atoms with Crippen LogP contribution in [-0.2, 0) is 10.3 Å². The van der Waals surface area contributed by atoms with Gasteiger partial charge in [0.1, 0.15) is 11.4 Å². The topological polar surface area (TPSA) is 69.6 Å². The third kappa shape index (κ3) is 2.73. The number of hydrogen-bond donors (Lipinski definition) is 2. The Labute approximate surface area is 136 Å². The average Bonchev–Trinajstić information content (AvgIpc) is 3.12. The Bertz CT molecular complexity index is 732. The summed E-state index contributed by atoms with van der Waals surface area (Å²) in [7, 11) is 0. The molecule has 3 amide bonds. The molecule has 1 aromatic heterocycles. The van der Waals surface area contributed by atoms with E-state index < -0.39 is 29.4 Å². The average molecular weight is 334 g/mol. The molecule has 120 valence electrons. The van der Waals surface area contributed by atoms with Crippen molar-refractivity contribution >= 4 is 23.3 Å². The molecule has 1 saturated heterocycles. The fourth-order valence-corrected chi connectivity index (χ4v) is 3.34. The maximum atomic E-state index is 12.9. The smallest absolute Gasteiger partial charge is 0.325 e. The highest BCUT2D eigenvalue weighted by Crippen LogP contribution is 2.31. The van der Waals surface area contributed by atoms with Crippen molar-refractivity contribution in [3.8, 4) is 0 Å². The number of β-amino-alcohol motifs (C(OH)–C–C–N with tert-alkyl or cyclic N) is 1. The maximum absolute atomic E-state index is 12.9. The Hall–Kier alpha value is -2.25. The second-order valence-electron chi connectivity index (χ2n) is 5.55. The van der Waals surface area contributed by atoms with Gasteiger partial charge in [-0.25, -0.2) is 9.18 Å². The number of urea groups is 1. The van der Waals surface area contributed by atoms with Crippen LogP contribution < -0.4 is 5.32 Å². The van der Waals surface area contributed by atoms with Gasteiger partial charge in [-0.2, -0.15) is 11.3 Å². The molecule has 1 aromatic carbocycles. The summed E-state index contributed by atoms with van der Waals surface area (Å²) in [6.45, 7) is 1.45. The number of imide groups is 1. The predicted molar refractivity (Wildman–Crippen MR) is 83.3 cm³/mol. The molecule has 23 heavy (non-hydrogen) atoms. The van der Waals surface area contributed by atoms with E-state index >= 15 is 0 Å². The largest absolute Gasteiger partial charge is 0.387 e. The summed E-state index contributed by atoms with van der Waals surface area (Å²) in [5.74, 6) is -0.831. The van der Waals surface area contributed by atoms with Gasteiger partial charge in [-0.1, -0.05) is 12.1 Å². The van der Waals surface area contributed by atoms with Crippen LogP contribution in [0.15, 0.2) is 41.1 Å². The predicted octanol–water partition coefficient (Wildman–Crippen LogP) is 2.39. The van der Waals surface area contributed by atoms with E-state index in [0.717, 1.165) is 4.90 Å². The van der Waals surface area contributed by atoms with Crippen LogP contribution in [0.5, 0.6) is 0 Å². The molecule has 0 saturated carbocycles. The molecule has 1 aliphatic rings.